The summed E-state index contributed by atoms with van der Waals surface area (Å²) in [5, 5.41) is 11.8. The molecule has 0 amide bonds. The van der Waals surface area contributed by atoms with Crippen molar-refractivity contribution in [3.8, 4) is 23.0 Å². The Morgan fingerprint density at radius 3 is 2.15 bits per heavy atom. The van der Waals surface area contributed by atoms with Crippen LogP contribution < -0.4 is 14.2 Å². The minimum Gasteiger partial charge on any atom is -0.504 e. The summed E-state index contributed by atoms with van der Waals surface area (Å²) in [5.74, 6) is -0.306. The maximum absolute atomic E-state index is 12.9. The Labute approximate surface area is 162 Å². The molecule has 0 saturated heterocycles. The molecule has 0 aliphatic rings. The van der Waals surface area contributed by atoms with E-state index in [0.29, 0.717) is 21.4 Å². The minimum absolute atomic E-state index is 0.0663. The first-order valence-electron chi connectivity index (χ1n) is 8.23. The molecule has 0 aliphatic heterocycles. The summed E-state index contributed by atoms with van der Waals surface area (Å²) in [4.78, 5) is 12.9. The van der Waals surface area contributed by atoms with Crippen molar-refractivity contribution in [2.45, 2.75) is 13.8 Å². The largest absolute Gasteiger partial charge is 0.504 e. The van der Waals surface area contributed by atoms with Gasteiger partial charge in [-0.1, -0.05) is 29.8 Å². The standard InChI is InChI=1S/C21H19ClO5/c1-11-6-5-7-12(2)16(11)21(24)27-18-14-9-8-13(22)10-15(14)17(23)19(25-3)20(18)26-4/h5-10,23H,1-4H3. The van der Waals surface area contributed by atoms with E-state index >= 15 is 0 Å². The third-order valence-corrected chi connectivity index (χ3v) is 4.63. The molecular weight excluding hydrogens is 368 g/mol. The molecule has 3 rings (SSSR count). The van der Waals surface area contributed by atoms with Crippen molar-refractivity contribution >= 4 is 28.3 Å². The molecule has 3 aromatic carbocycles. The van der Waals surface area contributed by atoms with Crippen molar-refractivity contribution in [3.05, 3.63) is 58.1 Å². The molecule has 0 unspecified atom stereocenters. The molecule has 0 spiro atoms. The highest BCUT2D eigenvalue weighted by Gasteiger charge is 2.25. The van der Waals surface area contributed by atoms with Gasteiger partial charge in [0.1, 0.15) is 0 Å². The highest BCUT2D eigenvalue weighted by atomic mass is 35.5. The average molecular weight is 387 g/mol. The predicted octanol–water partition coefficient (Wildman–Crippen LogP) is 5.05. The number of phenols is 1. The molecule has 3 aromatic rings. The zero-order valence-electron chi connectivity index (χ0n) is 15.4. The van der Waals surface area contributed by atoms with Crippen LogP contribution in [0.3, 0.4) is 0 Å². The van der Waals surface area contributed by atoms with E-state index in [9.17, 15) is 9.90 Å². The van der Waals surface area contributed by atoms with Crippen LogP contribution in [0.2, 0.25) is 5.02 Å². The van der Waals surface area contributed by atoms with Gasteiger partial charge in [-0.2, -0.15) is 0 Å². The average Bonchev–Trinajstić information content (AvgIpc) is 2.63. The van der Waals surface area contributed by atoms with Gasteiger partial charge in [-0.05, 0) is 43.2 Å². The van der Waals surface area contributed by atoms with E-state index in [1.807, 2.05) is 32.0 Å². The normalized spacial score (nSPS) is 10.7. The number of ether oxygens (including phenoxy) is 3. The number of phenolic OH excluding ortho intramolecular Hbond substituents is 1. The highest BCUT2D eigenvalue weighted by molar-refractivity contribution is 6.31. The smallest absolute Gasteiger partial charge is 0.344 e. The quantitative estimate of drug-likeness (QED) is 0.502. The maximum Gasteiger partial charge on any atom is 0.344 e. The fourth-order valence-electron chi connectivity index (χ4n) is 3.12. The van der Waals surface area contributed by atoms with Crippen molar-refractivity contribution in [2.24, 2.45) is 0 Å². The molecular formula is C21H19ClO5. The van der Waals surface area contributed by atoms with Gasteiger partial charge in [0.05, 0.1) is 19.8 Å². The lowest BCUT2D eigenvalue weighted by molar-refractivity contribution is 0.0730. The summed E-state index contributed by atoms with van der Waals surface area (Å²) >= 11 is 6.06. The number of methoxy groups -OCH3 is 2. The monoisotopic (exact) mass is 386 g/mol. The van der Waals surface area contributed by atoms with E-state index in [1.165, 1.54) is 14.2 Å². The third kappa shape index (κ3) is 3.26. The Morgan fingerprint density at radius 1 is 0.926 bits per heavy atom. The van der Waals surface area contributed by atoms with Gasteiger partial charge >= 0.3 is 5.97 Å². The van der Waals surface area contributed by atoms with Crippen molar-refractivity contribution in [3.63, 3.8) is 0 Å². The van der Waals surface area contributed by atoms with Crippen LogP contribution in [0, 0.1) is 13.8 Å². The third-order valence-electron chi connectivity index (χ3n) is 4.40. The van der Waals surface area contributed by atoms with Gasteiger partial charge in [-0.15, -0.1) is 0 Å². The Balaban J connectivity index is 2.24. The van der Waals surface area contributed by atoms with E-state index in [-0.39, 0.29) is 23.0 Å². The highest BCUT2D eigenvalue weighted by Crippen LogP contribution is 2.51. The summed E-state index contributed by atoms with van der Waals surface area (Å²) in [6, 6.07) is 10.4. The summed E-state index contributed by atoms with van der Waals surface area (Å²) in [6.07, 6.45) is 0. The Hall–Kier alpha value is -2.92. The topological polar surface area (TPSA) is 65.0 Å². The van der Waals surface area contributed by atoms with Crippen LogP contribution in [-0.2, 0) is 0 Å². The first kappa shape index (κ1) is 18.9. The lowest BCUT2D eigenvalue weighted by Gasteiger charge is -2.18. The van der Waals surface area contributed by atoms with Crippen LogP contribution in [-0.4, -0.2) is 25.3 Å². The van der Waals surface area contributed by atoms with Crippen LogP contribution >= 0.6 is 11.6 Å². The number of carbonyl (C=O) groups excluding carboxylic acids is 1. The number of benzene rings is 3. The molecule has 0 atom stereocenters. The SMILES string of the molecule is COc1c(OC)c(OC(=O)c2c(C)cccc2C)c2ccc(Cl)cc2c1O. The Morgan fingerprint density at radius 2 is 1.56 bits per heavy atom. The lowest BCUT2D eigenvalue weighted by Crippen LogP contribution is -2.13. The number of rotatable bonds is 4. The molecule has 0 aromatic heterocycles. The second-order valence-electron chi connectivity index (χ2n) is 6.09. The fourth-order valence-corrected chi connectivity index (χ4v) is 3.29. The summed E-state index contributed by atoms with van der Waals surface area (Å²) < 4.78 is 16.4. The molecule has 0 saturated carbocycles. The molecule has 0 bridgehead atoms. The number of hydrogen-bond acceptors (Lipinski definition) is 5. The first-order chi connectivity index (χ1) is 12.9. The molecule has 0 aliphatic carbocycles. The molecule has 0 fully saturated rings. The van der Waals surface area contributed by atoms with Crippen molar-refractivity contribution < 1.29 is 24.1 Å². The predicted molar refractivity (Wildman–Crippen MR) is 105 cm³/mol. The molecule has 140 valence electrons. The van der Waals surface area contributed by atoms with Crippen molar-refractivity contribution in [2.75, 3.05) is 14.2 Å². The fraction of sp³-hybridized carbons (Fsp3) is 0.190. The zero-order chi connectivity index (χ0) is 19.7. The maximum atomic E-state index is 12.9. The van der Waals surface area contributed by atoms with Gasteiger partial charge in [0, 0.05) is 15.8 Å². The number of halogens is 1. The van der Waals surface area contributed by atoms with E-state index in [0.717, 1.165) is 11.1 Å². The lowest BCUT2D eigenvalue weighted by atomic mass is 10.0. The van der Waals surface area contributed by atoms with Gasteiger partial charge in [-0.3, -0.25) is 0 Å². The van der Waals surface area contributed by atoms with E-state index < -0.39 is 5.97 Å². The van der Waals surface area contributed by atoms with Crippen molar-refractivity contribution in [1.29, 1.82) is 0 Å². The first-order valence-corrected chi connectivity index (χ1v) is 8.61. The van der Waals surface area contributed by atoms with Crippen LogP contribution in [0.25, 0.3) is 10.8 Å². The molecule has 5 nitrogen and oxygen atoms in total. The number of carbonyl (C=O) groups is 1. The van der Waals surface area contributed by atoms with Crippen molar-refractivity contribution in [1.82, 2.24) is 0 Å². The zero-order valence-corrected chi connectivity index (χ0v) is 16.2. The second-order valence-corrected chi connectivity index (χ2v) is 6.53. The number of hydrogen-bond donors (Lipinski definition) is 1. The molecule has 6 heteroatoms. The summed E-state index contributed by atoms with van der Waals surface area (Å²) in [5.41, 5.74) is 2.09. The van der Waals surface area contributed by atoms with Crippen LogP contribution in [0.5, 0.6) is 23.0 Å². The molecule has 27 heavy (non-hydrogen) atoms. The van der Waals surface area contributed by atoms with Gasteiger partial charge in [0.25, 0.3) is 0 Å². The van der Waals surface area contributed by atoms with E-state index in [1.54, 1.807) is 18.2 Å². The Bertz CT molecular complexity index is 1020. The molecule has 0 radical (unpaired) electrons. The van der Waals surface area contributed by atoms with Crippen LogP contribution in [0.1, 0.15) is 21.5 Å². The van der Waals surface area contributed by atoms with Crippen LogP contribution in [0.15, 0.2) is 36.4 Å². The van der Waals surface area contributed by atoms with Gasteiger partial charge in [0.2, 0.25) is 11.5 Å². The number of aromatic hydroxyl groups is 1. The second kappa shape index (κ2) is 7.37. The Kier molecular flexibility index (Phi) is 5.15. The van der Waals surface area contributed by atoms with Gasteiger partial charge < -0.3 is 19.3 Å². The van der Waals surface area contributed by atoms with Crippen LogP contribution in [0.4, 0.5) is 0 Å². The summed E-state index contributed by atoms with van der Waals surface area (Å²) in [6.45, 7) is 3.69. The van der Waals surface area contributed by atoms with Gasteiger partial charge in [-0.25, -0.2) is 4.79 Å². The summed E-state index contributed by atoms with van der Waals surface area (Å²) in [7, 11) is 2.81. The minimum atomic E-state index is -0.520. The molecule has 0 heterocycles. The van der Waals surface area contributed by atoms with Gasteiger partial charge in [0.15, 0.2) is 11.5 Å². The van der Waals surface area contributed by atoms with E-state index in [2.05, 4.69) is 0 Å². The molecule has 1 N–H and O–H groups in total. The number of fused-ring (bicyclic) bond motifs is 1. The number of esters is 1. The van der Waals surface area contributed by atoms with E-state index in [4.69, 9.17) is 25.8 Å². The number of aryl methyl sites for hydroxylation is 2.